The summed E-state index contributed by atoms with van der Waals surface area (Å²) in [5.41, 5.74) is 2.57. The van der Waals surface area contributed by atoms with E-state index in [9.17, 15) is 4.79 Å². The number of nitrogens with zero attached hydrogens (tertiary/aromatic N) is 1. The summed E-state index contributed by atoms with van der Waals surface area (Å²) in [5.74, 6) is 0.645. The number of carbonyl (C=O) groups is 1. The van der Waals surface area contributed by atoms with Gasteiger partial charge in [0, 0.05) is 33.4 Å². The van der Waals surface area contributed by atoms with E-state index >= 15 is 0 Å². The summed E-state index contributed by atoms with van der Waals surface area (Å²) in [6.45, 7) is 10.9. The number of aryl methyl sites for hydroxylation is 2. The Morgan fingerprint density at radius 1 is 1.12 bits per heavy atom. The van der Waals surface area contributed by atoms with Gasteiger partial charge in [-0.2, -0.15) is 0 Å². The highest BCUT2D eigenvalue weighted by atomic mass is 16.5. The Labute approximate surface area is 147 Å². The second-order valence-corrected chi connectivity index (χ2v) is 5.43. The number of benzene rings is 1. The SMILES string of the molecule is CCC.CCOc1cc(C(=O)N(C)CCO)c(C)cc1C.COC. The molecule has 1 aromatic carbocycles. The van der Waals surface area contributed by atoms with Crippen molar-refractivity contribution in [3.05, 3.63) is 28.8 Å². The van der Waals surface area contributed by atoms with Crippen LogP contribution in [-0.4, -0.2) is 56.9 Å². The first kappa shape index (κ1) is 24.7. The van der Waals surface area contributed by atoms with E-state index in [2.05, 4.69) is 18.6 Å². The number of aliphatic hydroxyl groups excluding tert-OH is 1. The summed E-state index contributed by atoms with van der Waals surface area (Å²) in [7, 11) is 4.93. The standard InChI is InChI=1S/C14H21NO3.C3H8.C2H6O/c1-5-18-13-9-12(10(2)8-11(13)3)14(17)15(4)6-7-16;2*1-3-2/h8-9,16H,5-7H2,1-4H3;3H2,1-2H3;1-2H3. The summed E-state index contributed by atoms with van der Waals surface area (Å²) in [6, 6.07) is 3.73. The molecule has 0 bridgehead atoms. The lowest BCUT2D eigenvalue weighted by atomic mass is 10.0. The zero-order valence-corrected chi connectivity index (χ0v) is 16.6. The maximum Gasteiger partial charge on any atom is 0.254 e. The summed E-state index contributed by atoms with van der Waals surface area (Å²) in [4.78, 5) is 13.7. The second-order valence-electron chi connectivity index (χ2n) is 5.43. The summed E-state index contributed by atoms with van der Waals surface area (Å²) in [6.07, 6.45) is 1.25. The molecular formula is C19H35NO4. The molecule has 0 saturated heterocycles. The van der Waals surface area contributed by atoms with Crippen molar-refractivity contribution in [1.29, 1.82) is 0 Å². The second kappa shape index (κ2) is 15.0. The van der Waals surface area contributed by atoms with Crippen LogP contribution in [0, 0.1) is 13.8 Å². The lowest BCUT2D eigenvalue weighted by Crippen LogP contribution is -2.30. The van der Waals surface area contributed by atoms with Crippen molar-refractivity contribution in [3.8, 4) is 5.75 Å². The topological polar surface area (TPSA) is 59.0 Å². The number of rotatable bonds is 5. The van der Waals surface area contributed by atoms with Crippen molar-refractivity contribution >= 4 is 5.91 Å². The van der Waals surface area contributed by atoms with Gasteiger partial charge >= 0.3 is 0 Å². The third-order valence-electron chi connectivity index (χ3n) is 2.83. The van der Waals surface area contributed by atoms with Gasteiger partial charge in [-0.05, 0) is 38.0 Å². The van der Waals surface area contributed by atoms with Crippen molar-refractivity contribution < 1.29 is 19.4 Å². The summed E-state index contributed by atoms with van der Waals surface area (Å²) in [5, 5.41) is 8.87. The normalized spacial score (nSPS) is 9.21. The maximum atomic E-state index is 12.2. The fraction of sp³-hybridized carbons (Fsp3) is 0.632. The Morgan fingerprint density at radius 3 is 2.04 bits per heavy atom. The first-order chi connectivity index (χ1) is 11.3. The predicted octanol–water partition coefficient (Wildman–Crippen LogP) is 3.45. The third-order valence-corrected chi connectivity index (χ3v) is 2.83. The van der Waals surface area contributed by atoms with Crippen molar-refractivity contribution in [1.82, 2.24) is 4.90 Å². The number of aliphatic hydroxyl groups is 1. The van der Waals surface area contributed by atoms with Gasteiger partial charge in [-0.15, -0.1) is 0 Å². The van der Waals surface area contributed by atoms with Gasteiger partial charge in [0.2, 0.25) is 0 Å². The highest BCUT2D eigenvalue weighted by Gasteiger charge is 2.16. The molecule has 0 spiro atoms. The monoisotopic (exact) mass is 341 g/mol. The molecule has 0 aliphatic carbocycles. The Kier molecular flexibility index (Phi) is 15.4. The van der Waals surface area contributed by atoms with Crippen LogP contribution in [0.3, 0.4) is 0 Å². The highest BCUT2D eigenvalue weighted by Crippen LogP contribution is 2.23. The van der Waals surface area contributed by atoms with Crippen molar-refractivity contribution in [2.75, 3.05) is 41.0 Å². The molecule has 0 aliphatic heterocycles. The van der Waals surface area contributed by atoms with E-state index in [-0.39, 0.29) is 12.5 Å². The molecule has 1 N–H and O–H groups in total. The van der Waals surface area contributed by atoms with Crippen LogP contribution >= 0.6 is 0 Å². The number of amides is 1. The molecule has 0 heterocycles. The molecule has 0 unspecified atom stereocenters. The van der Waals surface area contributed by atoms with Gasteiger partial charge in [0.1, 0.15) is 5.75 Å². The predicted molar refractivity (Wildman–Crippen MR) is 100 cm³/mol. The molecule has 5 heteroatoms. The number of methoxy groups -OCH3 is 1. The fourth-order valence-electron chi connectivity index (χ4n) is 1.83. The molecule has 0 fully saturated rings. The highest BCUT2D eigenvalue weighted by molar-refractivity contribution is 5.96. The van der Waals surface area contributed by atoms with Gasteiger partial charge in [0.05, 0.1) is 13.2 Å². The lowest BCUT2D eigenvalue weighted by molar-refractivity contribution is 0.0765. The average Bonchev–Trinajstić information content (AvgIpc) is 2.51. The van der Waals surface area contributed by atoms with E-state index in [0.29, 0.717) is 18.7 Å². The average molecular weight is 341 g/mol. The van der Waals surface area contributed by atoms with Gasteiger partial charge in [-0.3, -0.25) is 4.79 Å². The van der Waals surface area contributed by atoms with E-state index in [1.165, 1.54) is 11.3 Å². The first-order valence-corrected chi connectivity index (χ1v) is 8.34. The summed E-state index contributed by atoms with van der Waals surface area (Å²) < 4.78 is 9.75. The van der Waals surface area contributed by atoms with Crippen LogP contribution in [0.4, 0.5) is 0 Å². The van der Waals surface area contributed by atoms with E-state index in [4.69, 9.17) is 9.84 Å². The molecule has 0 atom stereocenters. The van der Waals surface area contributed by atoms with Crippen LogP contribution in [0.1, 0.15) is 48.7 Å². The maximum absolute atomic E-state index is 12.2. The van der Waals surface area contributed by atoms with Crippen LogP contribution in [0.2, 0.25) is 0 Å². The fourth-order valence-corrected chi connectivity index (χ4v) is 1.83. The molecular weight excluding hydrogens is 306 g/mol. The van der Waals surface area contributed by atoms with Crippen LogP contribution < -0.4 is 4.74 Å². The zero-order chi connectivity index (χ0) is 19.1. The van der Waals surface area contributed by atoms with Gasteiger partial charge in [0.25, 0.3) is 5.91 Å². The molecule has 1 amide bonds. The smallest absolute Gasteiger partial charge is 0.254 e. The number of ether oxygens (including phenoxy) is 2. The van der Waals surface area contributed by atoms with Crippen LogP contribution in [0.5, 0.6) is 5.75 Å². The van der Waals surface area contributed by atoms with Gasteiger partial charge in [0.15, 0.2) is 0 Å². The molecule has 0 aromatic heterocycles. The van der Waals surface area contributed by atoms with E-state index in [1.54, 1.807) is 27.3 Å². The minimum absolute atomic E-state index is 0.0362. The Bertz CT molecular complexity index is 459. The zero-order valence-electron chi connectivity index (χ0n) is 16.6. The van der Waals surface area contributed by atoms with Crippen LogP contribution in [0.15, 0.2) is 12.1 Å². The molecule has 24 heavy (non-hydrogen) atoms. The Hall–Kier alpha value is -1.59. The van der Waals surface area contributed by atoms with Crippen LogP contribution in [-0.2, 0) is 4.74 Å². The lowest BCUT2D eigenvalue weighted by Gasteiger charge is -2.18. The largest absolute Gasteiger partial charge is 0.494 e. The van der Waals surface area contributed by atoms with Gasteiger partial charge in [-0.1, -0.05) is 26.3 Å². The molecule has 5 nitrogen and oxygen atoms in total. The van der Waals surface area contributed by atoms with E-state index < -0.39 is 0 Å². The molecule has 0 aliphatic rings. The van der Waals surface area contributed by atoms with Crippen molar-refractivity contribution in [2.24, 2.45) is 0 Å². The molecule has 0 radical (unpaired) electrons. The molecule has 1 aromatic rings. The Morgan fingerprint density at radius 2 is 1.62 bits per heavy atom. The van der Waals surface area contributed by atoms with E-state index in [1.807, 2.05) is 26.8 Å². The quantitative estimate of drug-likeness (QED) is 0.891. The number of likely N-dealkylation sites (N-methyl/N-ethyl adjacent to an activating group) is 1. The molecule has 140 valence electrons. The minimum Gasteiger partial charge on any atom is -0.494 e. The third kappa shape index (κ3) is 9.53. The molecule has 1 rings (SSSR count). The minimum atomic E-state index is -0.0949. The number of carbonyl (C=O) groups excluding carboxylic acids is 1. The first-order valence-electron chi connectivity index (χ1n) is 8.34. The van der Waals surface area contributed by atoms with Crippen molar-refractivity contribution in [2.45, 2.75) is 41.0 Å². The number of hydrogen-bond donors (Lipinski definition) is 1. The summed E-state index contributed by atoms with van der Waals surface area (Å²) >= 11 is 0. The van der Waals surface area contributed by atoms with Gasteiger partial charge < -0.3 is 19.5 Å². The van der Waals surface area contributed by atoms with Crippen LogP contribution in [0.25, 0.3) is 0 Å². The number of hydrogen-bond acceptors (Lipinski definition) is 4. The molecule has 0 saturated carbocycles. The van der Waals surface area contributed by atoms with E-state index in [0.717, 1.165) is 16.9 Å². The Balaban J connectivity index is 0. The van der Waals surface area contributed by atoms with Gasteiger partial charge in [-0.25, -0.2) is 0 Å². The van der Waals surface area contributed by atoms with Crippen molar-refractivity contribution in [3.63, 3.8) is 0 Å².